The average molecular weight is 134 g/mol. The Balaban J connectivity index is 3.11. The Bertz CT molecular complexity index is 57.9. The normalized spacial score (nSPS) is 12.0. The van der Waals surface area contributed by atoms with Gasteiger partial charge in [-0.1, -0.05) is 0 Å². The minimum Gasteiger partial charge on any atom is -0.415 e. The van der Waals surface area contributed by atoms with Gasteiger partial charge in [-0.3, -0.25) is 0 Å². The molecule has 0 aliphatic rings. The molecule has 0 spiro atoms. The van der Waals surface area contributed by atoms with E-state index in [1.807, 2.05) is 0 Å². The molecule has 0 aliphatic carbocycles. The fourth-order valence-electron chi connectivity index (χ4n) is 0.352. The third-order valence-corrected chi connectivity index (χ3v) is 1.70. The Hall–Kier alpha value is 0.137. The molecule has 2 nitrogen and oxygen atoms in total. The van der Waals surface area contributed by atoms with E-state index in [-0.39, 0.29) is 6.61 Å². The summed E-state index contributed by atoms with van der Waals surface area (Å²) >= 11 is 0. The van der Waals surface area contributed by atoms with Crippen LogP contribution in [0.2, 0.25) is 19.6 Å². The Morgan fingerprint density at radius 3 is 2.00 bits per heavy atom. The predicted molar refractivity (Wildman–Crippen MR) is 36.4 cm³/mol. The van der Waals surface area contributed by atoms with Crippen LogP contribution in [0.25, 0.3) is 0 Å². The van der Waals surface area contributed by atoms with Crippen LogP contribution < -0.4 is 0 Å². The molecule has 0 aromatic heterocycles. The van der Waals surface area contributed by atoms with Crippen molar-refractivity contribution in [1.82, 2.24) is 0 Å². The molecular weight excluding hydrogens is 120 g/mol. The van der Waals surface area contributed by atoms with Crippen molar-refractivity contribution in [3.63, 3.8) is 0 Å². The van der Waals surface area contributed by atoms with Gasteiger partial charge in [-0.15, -0.1) is 0 Å². The molecule has 0 atom stereocenters. The summed E-state index contributed by atoms with van der Waals surface area (Å²) < 4.78 is 5.27. The molecule has 0 rings (SSSR count). The van der Waals surface area contributed by atoms with Crippen LogP contribution in [0.3, 0.4) is 0 Å². The van der Waals surface area contributed by atoms with Gasteiger partial charge in [-0.25, -0.2) is 0 Å². The van der Waals surface area contributed by atoms with Crippen molar-refractivity contribution in [3.8, 4) is 0 Å². The zero-order valence-corrected chi connectivity index (χ0v) is 6.77. The molecule has 0 bridgehead atoms. The van der Waals surface area contributed by atoms with Crippen LogP contribution in [0.4, 0.5) is 0 Å². The van der Waals surface area contributed by atoms with Gasteiger partial charge in [0.15, 0.2) is 8.32 Å². The summed E-state index contributed by atoms with van der Waals surface area (Å²) in [5.74, 6) is 0. The second kappa shape index (κ2) is 3.22. The quantitative estimate of drug-likeness (QED) is 0.579. The molecule has 0 saturated carbocycles. The van der Waals surface area contributed by atoms with Gasteiger partial charge in [0, 0.05) is 0 Å². The highest BCUT2D eigenvalue weighted by Crippen LogP contribution is 2.00. The van der Waals surface area contributed by atoms with Crippen molar-refractivity contribution in [1.29, 1.82) is 0 Å². The first-order valence-corrected chi connectivity index (χ1v) is 6.22. The van der Waals surface area contributed by atoms with Crippen molar-refractivity contribution in [2.45, 2.75) is 19.6 Å². The van der Waals surface area contributed by atoms with Gasteiger partial charge in [0.05, 0.1) is 13.2 Å². The second-order valence-corrected chi connectivity index (χ2v) is 7.20. The first kappa shape index (κ1) is 8.14. The van der Waals surface area contributed by atoms with Crippen LogP contribution in [0.15, 0.2) is 0 Å². The van der Waals surface area contributed by atoms with Gasteiger partial charge in [0.2, 0.25) is 0 Å². The molecule has 0 saturated heterocycles. The third kappa shape index (κ3) is 6.14. The lowest BCUT2D eigenvalue weighted by Crippen LogP contribution is -2.26. The lowest BCUT2D eigenvalue weighted by molar-refractivity contribution is 0.197. The first-order chi connectivity index (χ1) is 3.56. The van der Waals surface area contributed by atoms with Gasteiger partial charge in [-0.2, -0.15) is 0 Å². The third-order valence-electron chi connectivity index (χ3n) is 0.626. The van der Waals surface area contributed by atoms with E-state index in [0.29, 0.717) is 6.61 Å². The Labute approximate surface area is 51.6 Å². The Morgan fingerprint density at radius 2 is 1.88 bits per heavy atom. The predicted octanol–water partition coefficient (Wildman–Crippen LogP) is 0.830. The molecule has 0 aliphatic heterocycles. The van der Waals surface area contributed by atoms with Gasteiger partial charge in [0.1, 0.15) is 0 Å². The van der Waals surface area contributed by atoms with Crippen molar-refractivity contribution < 1.29 is 9.53 Å². The van der Waals surface area contributed by atoms with Crippen molar-refractivity contribution >= 4 is 8.32 Å². The summed E-state index contributed by atoms with van der Waals surface area (Å²) in [6.07, 6.45) is 0. The topological polar surface area (TPSA) is 29.5 Å². The van der Waals surface area contributed by atoms with Gasteiger partial charge in [0.25, 0.3) is 0 Å². The second-order valence-electron chi connectivity index (χ2n) is 2.68. The molecule has 1 N–H and O–H groups in total. The van der Waals surface area contributed by atoms with Crippen molar-refractivity contribution in [2.24, 2.45) is 0 Å². The molecule has 3 heteroatoms. The highest BCUT2D eigenvalue weighted by molar-refractivity contribution is 6.69. The van der Waals surface area contributed by atoms with E-state index >= 15 is 0 Å². The van der Waals surface area contributed by atoms with Crippen molar-refractivity contribution in [3.05, 3.63) is 0 Å². The molecule has 0 fully saturated rings. The molecule has 8 heavy (non-hydrogen) atoms. The van der Waals surface area contributed by atoms with Crippen LogP contribution in [0.5, 0.6) is 0 Å². The monoisotopic (exact) mass is 134 g/mol. The average Bonchev–Trinajstić information content (AvgIpc) is 1.59. The van der Waals surface area contributed by atoms with E-state index in [9.17, 15) is 0 Å². The lowest BCUT2D eigenvalue weighted by atomic mass is 10.8. The van der Waals surface area contributed by atoms with E-state index in [0.717, 1.165) is 0 Å². The Kier molecular flexibility index (Phi) is 3.27. The maximum atomic E-state index is 8.33. The summed E-state index contributed by atoms with van der Waals surface area (Å²) in [6, 6.07) is 0. The van der Waals surface area contributed by atoms with E-state index in [2.05, 4.69) is 19.6 Å². The van der Waals surface area contributed by atoms with E-state index in [1.54, 1.807) is 0 Å². The van der Waals surface area contributed by atoms with Crippen LogP contribution in [0.1, 0.15) is 0 Å². The standard InChI is InChI=1S/C5H14O2Si/c1-8(2,3)7-5-4-6/h6H,4-5H2,1-3H3. The fraction of sp³-hybridized carbons (Fsp3) is 1.00. The SMILES string of the molecule is C[Si](C)(C)OCCO. The number of aliphatic hydroxyl groups is 1. The molecule has 0 amide bonds. The van der Waals surface area contributed by atoms with Crippen LogP contribution >= 0.6 is 0 Å². The molecule has 0 unspecified atom stereocenters. The molecule has 0 aromatic carbocycles. The number of aliphatic hydroxyl groups excluding tert-OH is 1. The summed E-state index contributed by atoms with van der Waals surface area (Å²) in [5, 5.41) is 8.33. The van der Waals surface area contributed by atoms with Crippen LogP contribution in [0, 0.1) is 0 Å². The van der Waals surface area contributed by atoms with E-state index in [1.165, 1.54) is 0 Å². The summed E-state index contributed by atoms with van der Waals surface area (Å²) in [7, 11) is -1.34. The molecule has 0 heterocycles. The largest absolute Gasteiger partial charge is 0.415 e. The van der Waals surface area contributed by atoms with E-state index < -0.39 is 8.32 Å². The first-order valence-electron chi connectivity index (χ1n) is 2.81. The van der Waals surface area contributed by atoms with Crippen LogP contribution in [-0.2, 0) is 4.43 Å². The molecular formula is C5H14O2Si. The highest BCUT2D eigenvalue weighted by Gasteiger charge is 2.12. The van der Waals surface area contributed by atoms with Gasteiger partial charge >= 0.3 is 0 Å². The maximum absolute atomic E-state index is 8.33. The molecule has 50 valence electrons. The summed E-state index contributed by atoms with van der Waals surface area (Å²) in [4.78, 5) is 0. The smallest absolute Gasteiger partial charge is 0.183 e. The van der Waals surface area contributed by atoms with Gasteiger partial charge < -0.3 is 9.53 Å². The summed E-state index contributed by atoms with van der Waals surface area (Å²) in [5.41, 5.74) is 0. The molecule has 0 radical (unpaired) electrons. The minimum absolute atomic E-state index is 0.143. The highest BCUT2D eigenvalue weighted by atomic mass is 28.4. The summed E-state index contributed by atoms with van der Waals surface area (Å²) in [6.45, 7) is 6.94. The Morgan fingerprint density at radius 1 is 1.38 bits per heavy atom. The lowest BCUT2D eigenvalue weighted by Gasteiger charge is -2.15. The molecule has 0 aromatic rings. The maximum Gasteiger partial charge on any atom is 0.183 e. The van der Waals surface area contributed by atoms with Gasteiger partial charge in [-0.05, 0) is 19.6 Å². The van der Waals surface area contributed by atoms with Crippen molar-refractivity contribution in [2.75, 3.05) is 13.2 Å². The zero-order chi connectivity index (χ0) is 6.62. The number of hydrogen-bond acceptors (Lipinski definition) is 2. The number of hydrogen-bond donors (Lipinski definition) is 1. The number of rotatable bonds is 3. The van der Waals surface area contributed by atoms with E-state index in [4.69, 9.17) is 9.53 Å². The minimum atomic E-state index is -1.34. The zero-order valence-electron chi connectivity index (χ0n) is 5.77. The van der Waals surface area contributed by atoms with Crippen LogP contribution in [-0.4, -0.2) is 26.6 Å². The fourth-order valence-corrected chi connectivity index (χ4v) is 1.06.